The number of carbonyl (C=O) groups is 1. The van der Waals surface area contributed by atoms with Crippen LogP contribution in [0.4, 0.5) is 5.95 Å². The van der Waals surface area contributed by atoms with Crippen LogP contribution in [0, 0.1) is 0 Å². The van der Waals surface area contributed by atoms with Crippen LogP contribution in [0.25, 0.3) is 0 Å². The maximum Gasteiger partial charge on any atom is 0.225 e. The first-order valence-corrected chi connectivity index (χ1v) is 8.04. The zero-order valence-electron chi connectivity index (χ0n) is 14.0. The van der Waals surface area contributed by atoms with Gasteiger partial charge >= 0.3 is 0 Å². The third kappa shape index (κ3) is 6.46. The van der Waals surface area contributed by atoms with Crippen LogP contribution in [-0.4, -0.2) is 66.0 Å². The molecule has 1 amide bonds. The minimum absolute atomic E-state index is 0. The first kappa shape index (κ1) is 20.4. The minimum atomic E-state index is 0. The van der Waals surface area contributed by atoms with Crippen molar-refractivity contribution >= 4 is 41.8 Å². The first-order valence-electron chi connectivity index (χ1n) is 8.04. The lowest BCUT2D eigenvalue weighted by Crippen LogP contribution is -2.49. The highest BCUT2D eigenvalue weighted by atomic mass is 127. The summed E-state index contributed by atoms with van der Waals surface area (Å²) in [5, 5.41) is 2.97. The molecule has 2 heterocycles. The van der Waals surface area contributed by atoms with Crippen LogP contribution >= 0.6 is 24.0 Å². The number of hydrogen-bond donors (Lipinski definition) is 2. The number of nitrogens with one attached hydrogen (secondary N) is 1. The summed E-state index contributed by atoms with van der Waals surface area (Å²) in [5.74, 6) is 1.27. The summed E-state index contributed by atoms with van der Waals surface area (Å²) in [6, 6.07) is 1.80. The van der Waals surface area contributed by atoms with E-state index < -0.39 is 0 Å². The van der Waals surface area contributed by atoms with Gasteiger partial charge in [0.1, 0.15) is 0 Å². The van der Waals surface area contributed by atoms with Gasteiger partial charge in [-0.15, -0.1) is 24.0 Å². The molecule has 1 saturated heterocycles. The molecular weight excluding hydrogens is 421 g/mol. The lowest BCUT2D eigenvalue weighted by Gasteiger charge is -2.34. The normalized spacial score (nSPS) is 15.0. The highest BCUT2D eigenvalue weighted by Crippen LogP contribution is 2.10. The van der Waals surface area contributed by atoms with Crippen LogP contribution in [0.2, 0.25) is 0 Å². The van der Waals surface area contributed by atoms with Gasteiger partial charge in [0.05, 0.1) is 0 Å². The van der Waals surface area contributed by atoms with E-state index in [2.05, 4.69) is 25.2 Å². The molecule has 0 atom stereocenters. The fourth-order valence-corrected chi connectivity index (χ4v) is 2.35. The third-order valence-electron chi connectivity index (χ3n) is 3.62. The van der Waals surface area contributed by atoms with E-state index in [0.29, 0.717) is 38.6 Å². The van der Waals surface area contributed by atoms with Crippen molar-refractivity contribution in [2.24, 2.45) is 10.7 Å². The molecule has 0 bridgehead atoms. The van der Waals surface area contributed by atoms with Gasteiger partial charge in [0.15, 0.2) is 5.96 Å². The van der Waals surface area contributed by atoms with Gasteiger partial charge in [0, 0.05) is 58.1 Å². The van der Waals surface area contributed by atoms with Gasteiger partial charge in [0.25, 0.3) is 0 Å². The molecule has 0 unspecified atom stereocenters. The number of piperazine rings is 1. The van der Waals surface area contributed by atoms with E-state index >= 15 is 0 Å². The van der Waals surface area contributed by atoms with E-state index in [1.807, 2.05) is 11.8 Å². The summed E-state index contributed by atoms with van der Waals surface area (Å²) < 4.78 is 0. The van der Waals surface area contributed by atoms with Crippen molar-refractivity contribution in [3.05, 3.63) is 18.5 Å². The van der Waals surface area contributed by atoms with Gasteiger partial charge in [0.2, 0.25) is 11.9 Å². The van der Waals surface area contributed by atoms with Crippen molar-refractivity contribution in [3.8, 4) is 0 Å². The molecule has 3 N–H and O–H groups in total. The zero-order valence-corrected chi connectivity index (χ0v) is 16.3. The number of halogens is 1. The van der Waals surface area contributed by atoms with Gasteiger partial charge < -0.3 is 20.9 Å². The molecule has 1 aromatic heterocycles. The Labute approximate surface area is 159 Å². The maximum atomic E-state index is 12.2. The van der Waals surface area contributed by atoms with Crippen LogP contribution in [0.15, 0.2) is 23.5 Å². The average molecular weight is 447 g/mol. The van der Waals surface area contributed by atoms with Crippen molar-refractivity contribution in [2.75, 3.05) is 44.2 Å². The molecule has 0 saturated carbocycles. The first-order chi connectivity index (χ1) is 11.2. The summed E-state index contributed by atoms with van der Waals surface area (Å²) in [5.41, 5.74) is 5.70. The number of hydrogen-bond acceptors (Lipinski definition) is 5. The second-order valence-electron chi connectivity index (χ2n) is 5.36. The Morgan fingerprint density at radius 1 is 1.29 bits per heavy atom. The molecule has 2 rings (SSSR count). The molecule has 8 nitrogen and oxygen atoms in total. The molecule has 1 aliphatic rings. The van der Waals surface area contributed by atoms with Crippen LogP contribution in [0.3, 0.4) is 0 Å². The molecule has 0 aliphatic carbocycles. The molecule has 1 fully saturated rings. The Kier molecular flexibility index (Phi) is 9.35. The number of aromatic nitrogens is 2. The number of carbonyl (C=O) groups excluding carboxylic acids is 1. The number of rotatable bonds is 6. The Morgan fingerprint density at radius 2 is 1.96 bits per heavy atom. The molecule has 0 spiro atoms. The smallest absolute Gasteiger partial charge is 0.225 e. The topological polar surface area (TPSA) is 99.7 Å². The van der Waals surface area contributed by atoms with Gasteiger partial charge in [-0.25, -0.2) is 9.97 Å². The predicted octanol–water partition coefficient (Wildman–Crippen LogP) is 0.448. The van der Waals surface area contributed by atoms with Crippen LogP contribution < -0.4 is 16.0 Å². The second-order valence-corrected chi connectivity index (χ2v) is 5.36. The molecule has 24 heavy (non-hydrogen) atoms. The minimum Gasteiger partial charge on any atom is -0.370 e. The molecule has 134 valence electrons. The van der Waals surface area contributed by atoms with Gasteiger partial charge in [-0.3, -0.25) is 9.79 Å². The number of anilines is 1. The Bertz CT molecular complexity index is 518. The zero-order chi connectivity index (χ0) is 16.5. The molecule has 0 aromatic carbocycles. The fraction of sp³-hybridized carbons (Fsp3) is 0.600. The van der Waals surface area contributed by atoms with Crippen molar-refractivity contribution in [2.45, 2.75) is 19.8 Å². The number of aliphatic imine (C=N–C) groups is 1. The van der Waals surface area contributed by atoms with E-state index in [1.54, 1.807) is 18.5 Å². The van der Waals surface area contributed by atoms with E-state index in [9.17, 15) is 4.79 Å². The maximum absolute atomic E-state index is 12.2. The lowest BCUT2D eigenvalue weighted by molar-refractivity contribution is -0.131. The molecule has 1 aliphatic heterocycles. The molecule has 9 heteroatoms. The van der Waals surface area contributed by atoms with Gasteiger partial charge in [-0.1, -0.05) is 6.92 Å². The number of guanidine groups is 1. The van der Waals surface area contributed by atoms with E-state index in [1.165, 1.54) is 0 Å². The number of nitrogens with two attached hydrogens (primary N) is 1. The number of nitrogens with zero attached hydrogens (tertiary/aromatic N) is 5. The largest absolute Gasteiger partial charge is 0.370 e. The Hall–Kier alpha value is -1.65. The standard InChI is InChI=1S/C15H25N7O.HI/c1-2-5-17-14(16)18-8-4-13(23)21-9-11-22(12-10-21)15-19-6-3-7-20-15;/h3,6-7H,2,4-5,8-12H2,1H3,(H3,16,17,18);1H. The van der Waals surface area contributed by atoms with E-state index in [0.717, 1.165) is 25.5 Å². The highest BCUT2D eigenvalue weighted by molar-refractivity contribution is 14.0. The fourth-order valence-electron chi connectivity index (χ4n) is 2.35. The summed E-state index contributed by atoms with van der Waals surface area (Å²) in [4.78, 5) is 28.8. The van der Waals surface area contributed by atoms with Crippen molar-refractivity contribution < 1.29 is 4.79 Å². The Morgan fingerprint density at radius 3 is 2.58 bits per heavy atom. The highest BCUT2D eigenvalue weighted by Gasteiger charge is 2.21. The van der Waals surface area contributed by atoms with E-state index in [-0.39, 0.29) is 29.9 Å². The van der Waals surface area contributed by atoms with E-state index in [4.69, 9.17) is 5.73 Å². The van der Waals surface area contributed by atoms with Gasteiger partial charge in [-0.2, -0.15) is 0 Å². The molecule has 0 radical (unpaired) electrons. The third-order valence-corrected chi connectivity index (χ3v) is 3.62. The van der Waals surface area contributed by atoms with Crippen LogP contribution in [0.1, 0.15) is 19.8 Å². The molecule has 1 aromatic rings. The average Bonchev–Trinajstić information content (AvgIpc) is 2.60. The van der Waals surface area contributed by atoms with Crippen LogP contribution in [0.5, 0.6) is 0 Å². The quantitative estimate of drug-likeness (QED) is 0.373. The number of amides is 1. The SMILES string of the molecule is CCCN=C(N)NCCC(=O)N1CCN(c2ncccn2)CC1.I. The lowest BCUT2D eigenvalue weighted by atomic mass is 10.3. The van der Waals surface area contributed by atoms with Crippen molar-refractivity contribution in [1.29, 1.82) is 0 Å². The van der Waals surface area contributed by atoms with Crippen molar-refractivity contribution in [1.82, 2.24) is 20.2 Å². The van der Waals surface area contributed by atoms with Crippen molar-refractivity contribution in [3.63, 3.8) is 0 Å². The summed E-state index contributed by atoms with van der Waals surface area (Å²) in [7, 11) is 0. The molecular formula is C15H26IN7O. The van der Waals surface area contributed by atoms with Gasteiger partial charge in [-0.05, 0) is 12.5 Å². The summed E-state index contributed by atoms with van der Waals surface area (Å²) in [6.45, 7) is 6.15. The predicted molar refractivity (Wildman–Crippen MR) is 106 cm³/mol. The summed E-state index contributed by atoms with van der Waals surface area (Å²) >= 11 is 0. The second kappa shape index (κ2) is 11.0. The summed E-state index contributed by atoms with van der Waals surface area (Å²) in [6.07, 6.45) is 4.84. The van der Waals surface area contributed by atoms with Crippen LogP contribution in [-0.2, 0) is 4.79 Å². The Balaban J connectivity index is 0.00000288. The monoisotopic (exact) mass is 447 g/mol.